The molecule has 5 nitrogen and oxygen atoms in total. The van der Waals surface area contributed by atoms with Crippen LogP contribution in [0.3, 0.4) is 0 Å². The zero-order valence-electron chi connectivity index (χ0n) is 12.6. The molecule has 0 bridgehead atoms. The fourth-order valence-corrected chi connectivity index (χ4v) is 3.21. The number of carbonyl (C=O) groups is 2. The third-order valence-corrected chi connectivity index (χ3v) is 4.01. The molecule has 5 heteroatoms. The van der Waals surface area contributed by atoms with Gasteiger partial charge in [-0.15, -0.1) is 0 Å². The minimum Gasteiger partial charge on any atom is -0.467 e. The summed E-state index contributed by atoms with van der Waals surface area (Å²) in [6.45, 7) is 9.98. The van der Waals surface area contributed by atoms with Crippen LogP contribution in [0.15, 0.2) is 0 Å². The molecule has 0 saturated carbocycles. The van der Waals surface area contributed by atoms with E-state index in [9.17, 15) is 9.59 Å². The van der Waals surface area contributed by atoms with E-state index in [1.165, 1.54) is 7.11 Å². The van der Waals surface area contributed by atoms with Gasteiger partial charge in [0.25, 0.3) is 0 Å². The van der Waals surface area contributed by atoms with Gasteiger partial charge in [0.15, 0.2) is 5.54 Å². The summed E-state index contributed by atoms with van der Waals surface area (Å²) in [5, 5.41) is 0. The SMILES string of the molecule is COC(=O)[C@@]12CO[C@@H](C(C)(C)C)N1C(=O)C(C)(C)C2. The first-order chi connectivity index (χ1) is 8.56. The minimum atomic E-state index is -0.951. The van der Waals surface area contributed by atoms with Crippen molar-refractivity contribution in [3.63, 3.8) is 0 Å². The average molecular weight is 269 g/mol. The molecular weight excluding hydrogens is 246 g/mol. The largest absolute Gasteiger partial charge is 0.467 e. The third-order valence-electron chi connectivity index (χ3n) is 4.01. The van der Waals surface area contributed by atoms with E-state index in [4.69, 9.17) is 9.47 Å². The van der Waals surface area contributed by atoms with Crippen molar-refractivity contribution < 1.29 is 19.1 Å². The van der Waals surface area contributed by atoms with Crippen LogP contribution in [-0.2, 0) is 19.1 Å². The van der Waals surface area contributed by atoms with E-state index in [-0.39, 0.29) is 30.1 Å². The van der Waals surface area contributed by atoms with Crippen LogP contribution < -0.4 is 0 Å². The lowest BCUT2D eigenvalue weighted by molar-refractivity contribution is -0.158. The number of fused-ring (bicyclic) bond motifs is 1. The highest BCUT2D eigenvalue weighted by molar-refractivity contribution is 5.95. The number of methoxy groups -OCH3 is 1. The highest BCUT2D eigenvalue weighted by atomic mass is 16.6. The molecule has 0 aromatic carbocycles. The Kier molecular flexibility index (Phi) is 2.97. The molecule has 1 amide bonds. The van der Waals surface area contributed by atoms with Gasteiger partial charge in [0.1, 0.15) is 6.23 Å². The van der Waals surface area contributed by atoms with E-state index >= 15 is 0 Å². The molecule has 0 unspecified atom stereocenters. The summed E-state index contributed by atoms with van der Waals surface area (Å²) >= 11 is 0. The second kappa shape index (κ2) is 3.95. The second-order valence-electron chi connectivity index (χ2n) is 7.29. The Balaban J connectivity index is 2.49. The van der Waals surface area contributed by atoms with Crippen LogP contribution >= 0.6 is 0 Å². The standard InChI is InChI=1S/C14H23NO4/c1-12(2,3)10-15-9(16)13(4,5)7-14(15,8-19-10)11(17)18-6/h10H,7-8H2,1-6H3/t10-,14+/m0/s1. The molecule has 2 aliphatic rings. The van der Waals surface area contributed by atoms with E-state index in [2.05, 4.69) is 0 Å². The molecule has 0 N–H and O–H groups in total. The fraction of sp³-hybridized carbons (Fsp3) is 0.857. The molecule has 0 radical (unpaired) electrons. The quantitative estimate of drug-likeness (QED) is 0.678. The summed E-state index contributed by atoms with van der Waals surface area (Å²) in [5.41, 5.74) is -1.75. The van der Waals surface area contributed by atoms with Gasteiger partial charge in [-0.25, -0.2) is 4.79 Å². The minimum absolute atomic E-state index is 0.0321. The van der Waals surface area contributed by atoms with Crippen LogP contribution in [0.4, 0.5) is 0 Å². The average Bonchev–Trinajstić information content (AvgIpc) is 2.73. The van der Waals surface area contributed by atoms with Crippen LogP contribution in [0.2, 0.25) is 0 Å². The van der Waals surface area contributed by atoms with Crippen molar-refractivity contribution in [3.05, 3.63) is 0 Å². The number of nitrogens with zero attached hydrogens (tertiary/aromatic N) is 1. The Morgan fingerprint density at radius 1 is 1.42 bits per heavy atom. The Labute approximate surface area is 114 Å². The molecule has 108 valence electrons. The van der Waals surface area contributed by atoms with Crippen LogP contribution in [-0.4, -0.2) is 42.3 Å². The van der Waals surface area contributed by atoms with E-state index in [1.54, 1.807) is 4.90 Å². The van der Waals surface area contributed by atoms with Gasteiger partial charge in [0.2, 0.25) is 5.91 Å². The zero-order chi connectivity index (χ0) is 14.6. The summed E-state index contributed by atoms with van der Waals surface area (Å²) in [4.78, 5) is 26.5. The lowest BCUT2D eigenvalue weighted by atomic mass is 9.84. The molecule has 2 aliphatic heterocycles. The van der Waals surface area contributed by atoms with Crippen molar-refractivity contribution in [2.45, 2.75) is 52.8 Å². The highest BCUT2D eigenvalue weighted by Gasteiger charge is 2.67. The summed E-state index contributed by atoms with van der Waals surface area (Å²) in [7, 11) is 1.36. The molecule has 0 aromatic rings. The van der Waals surface area contributed by atoms with Gasteiger partial charge in [0.05, 0.1) is 13.7 Å². The Morgan fingerprint density at radius 2 is 2.00 bits per heavy atom. The predicted molar refractivity (Wildman–Crippen MR) is 69.2 cm³/mol. The van der Waals surface area contributed by atoms with Gasteiger partial charge in [-0.2, -0.15) is 0 Å². The first-order valence-corrected chi connectivity index (χ1v) is 6.60. The predicted octanol–water partition coefficient (Wildman–Crippen LogP) is 1.56. The summed E-state index contributed by atoms with van der Waals surface area (Å²) < 4.78 is 10.7. The summed E-state index contributed by atoms with van der Waals surface area (Å²) in [6, 6.07) is 0. The first kappa shape index (κ1) is 14.3. The molecule has 0 aromatic heterocycles. The number of ether oxygens (including phenoxy) is 2. The summed E-state index contributed by atoms with van der Waals surface area (Å²) in [6.07, 6.45) is 0.0545. The van der Waals surface area contributed by atoms with E-state index in [1.807, 2.05) is 34.6 Å². The lowest BCUT2D eigenvalue weighted by Crippen LogP contribution is -2.54. The maximum atomic E-state index is 12.6. The van der Waals surface area contributed by atoms with Crippen LogP contribution in [0.5, 0.6) is 0 Å². The third kappa shape index (κ3) is 1.86. The van der Waals surface area contributed by atoms with Crippen molar-refractivity contribution in [1.29, 1.82) is 0 Å². The number of rotatable bonds is 1. The molecule has 2 atom stereocenters. The van der Waals surface area contributed by atoms with Crippen molar-refractivity contribution in [1.82, 2.24) is 4.90 Å². The van der Waals surface area contributed by atoms with Crippen molar-refractivity contribution in [2.75, 3.05) is 13.7 Å². The van der Waals surface area contributed by atoms with Gasteiger partial charge in [0, 0.05) is 10.8 Å². The van der Waals surface area contributed by atoms with Crippen LogP contribution in [0, 0.1) is 10.8 Å². The number of hydrogen-bond acceptors (Lipinski definition) is 4. The van der Waals surface area contributed by atoms with Gasteiger partial charge >= 0.3 is 5.97 Å². The first-order valence-electron chi connectivity index (χ1n) is 6.60. The smallest absolute Gasteiger partial charge is 0.334 e. The second-order valence-corrected chi connectivity index (χ2v) is 7.29. The van der Waals surface area contributed by atoms with Crippen molar-refractivity contribution in [2.24, 2.45) is 10.8 Å². The Hall–Kier alpha value is -1.10. The molecule has 2 fully saturated rings. The molecule has 2 rings (SSSR count). The van der Waals surface area contributed by atoms with E-state index in [0.717, 1.165) is 0 Å². The number of esters is 1. The fourth-order valence-electron chi connectivity index (χ4n) is 3.21. The maximum Gasteiger partial charge on any atom is 0.334 e. The number of carbonyl (C=O) groups excluding carboxylic acids is 2. The van der Waals surface area contributed by atoms with Crippen molar-refractivity contribution >= 4 is 11.9 Å². The van der Waals surface area contributed by atoms with Gasteiger partial charge < -0.3 is 9.47 Å². The molecule has 19 heavy (non-hydrogen) atoms. The topological polar surface area (TPSA) is 55.8 Å². The normalized spacial score (nSPS) is 33.5. The molecule has 2 saturated heterocycles. The van der Waals surface area contributed by atoms with Crippen LogP contribution in [0.25, 0.3) is 0 Å². The molecule has 0 aliphatic carbocycles. The van der Waals surface area contributed by atoms with Crippen LogP contribution in [0.1, 0.15) is 41.0 Å². The van der Waals surface area contributed by atoms with Gasteiger partial charge in [-0.3, -0.25) is 9.69 Å². The Morgan fingerprint density at radius 3 is 2.47 bits per heavy atom. The van der Waals surface area contributed by atoms with Gasteiger partial charge in [-0.05, 0) is 6.42 Å². The lowest BCUT2D eigenvalue weighted by Gasteiger charge is -2.36. The number of hydrogen-bond donors (Lipinski definition) is 0. The van der Waals surface area contributed by atoms with Gasteiger partial charge in [-0.1, -0.05) is 34.6 Å². The monoisotopic (exact) mass is 269 g/mol. The zero-order valence-corrected chi connectivity index (χ0v) is 12.6. The molecule has 0 spiro atoms. The van der Waals surface area contributed by atoms with E-state index < -0.39 is 11.0 Å². The Bertz CT molecular complexity index is 424. The number of amides is 1. The summed E-state index contributed by atoms with van der Waals surface area (Å²) in [5.74, 6) is -0.409. The molecular formula is C14H23NO4. The highest BCUT2D eigenvalue weighted by Crippen LogP contribution is 2.50. The molecule has 2 heterocycles. The van der Waals surface area contributed by atoms with Crippen molar-refractivity contribution in [3.8, 4) is 0 Å². The maximum absolute atomic E-state index is 12.6. The van der Waals surface area contributed by atoms with E-state index in [0.29, 0.717) is 6.42 Å².